The second kappa shape index (κ2) is 12.6. The Labute approximate surface area is 195 Å². The van der Waals surface area contributed by atoms with Gasteiger partial charge in [-0.05, 0) is 23.3 Å². The molecule has 1 unspecified atom stereocenters. The number of methoxy groups -OCH3 is 4. The van der Waals surface area contributed by atoms with Crippen LogP contribution in [0.4, 0.5) is 5.69 Å². The van der Waals surface area contributed by atoms with Crippen LogP contribution < -0.4 is 24.3 Å². The highest BCUT2D eigenvalue weighted by Gasteiger charge is 2.15. The van der Waals surface area contributed by atoms with Gasteiger partial charge in [-0.3, -0.25) is 9.59 Å². The summed E-state index contributed by atoms with van der Waals surface area (Å²) in [6.45, 7) is 0. The van der Waals surface area contributed by atoms with Gasteiger partial charge in [0, 0.05) is 30.2 Å². The summed E-state index contributed by atoms with van der Waals surface area (Å²) in [5, 5.41) is 12.9. The van der Waals surface area contributed by atoms with E-state index in [0.29, 0.717) is 39.8 Å². The zero-order valence-corrected chi connectivity index (χ0v) is 19.7. The molecule has 0 saturated carbocycles. The summed E-state index contributed by atoms with van der Waals surface area (Å²) in [6, 6.07) is 8.45. The van der Waals surface area contributed by atoms with Crippen molar-refractivity contribution in [3.05, 3.63) is 46.9 Å². The highest BCUT2D eigenvalue weighted by atomic mass is 32.2. The molecule has 0 fully saturated rings. The molecule has 1 atom stereocenters. The fraction of sp³-hybridized carbons (Fsp3) is 0.304. The third kappa shape index (κ3) is 7.62. The van der Waals surface area contributed by atoms with Gasteiger partial charge in [-0.2, -0.15) is 0 Å². The molecule has 10 heteroatoms. The van der Waals surface area contributed by atoms with Crippen LogP contribution in [0.1, 0.15) is 24.0 Å². The van der Waals surface area contributed by atoms with E-state index in [1.54, 1.807) is 36.4 Å². The molecule has 0 saturated heterocycles. The van der Waals surface area contributed by atoms with Gasteiger partial charge in [-0.25, -0.2) is 0 Å². The van der Waals surface area contributed by atoms with Crippen molar-refractivity contribution < 1.29 is 38.2 Å². The number of benzene rings is 2. The number of anilines is 1. The second-order valence-corrected chi connectivity index (χ2v) is 8.07. The highest BCUT2D eigenvalue weighted by Crippen LogP contribution is 2.35. The molecule has 1 amide bonds. The summed E-state index contributed by atoms with van der Waals surface area (Å²) in [5.41, 5.74) is 1.70. The van der Waals surface area contributed by atoms with Crippen LogP contribution in [0.2, 0.25) is 0 Å². The van der Waals surface area contributed by atoms with E-state index in [0.717, 1.165) is 0 Å². The van der Waals surface area contributed by atoms with Gasteiger partial charge in [0.05, 0.1) is 46.1 Å². The molecule has 2 rings (SSSR count). The zero-order valence-electron chi connectivity index (χ0n) is 18.9. The minimum absolute atomic E-state index is 0.164. The van der Waals surface area contributed by atoms with E-state index in [1.807, 2.05) is 0 Å². The van der Waals surface area contributed by atoms with Gasteiger partial charge in [-0.1, -0.05) is 6.07 Å². The van der Waals surface area contributed by atoms with E-state index < -0.39 is 23.1 Å². The van der Waals surface area contributed by atoms with E-state index in [4.69, 9.17) is 24.1 Å². The Morgan fingerprint density at radius 3 is 2.15 bits per heavy atom. The molecule has 0 bridgehead atoms. The van der Waals surface area contributed by atoms with Crippen molar-refractivity contribution in [2.24, 2.45) is 0 Å². The van der Waals surface area contributed by atoms with Crippen molar-refractivity contribution in [1.29, 1.82) is 0 Å². The number of carbonyl (C=O) groups excluding carboxylic acids is 1. The van der Waals surface area contributed by atoms with Crippen molar-refractivity contribution in [1.82, 2.24) is 0 Å². The lowest BCUT2D eigenvalue weighted by Gasteiger charge is -2.14. The topological polar surface area (TPSA) is 126 Å². The maximum Gasteiger partial charge on any atom is 0.303 e. The van der Waals surface area contributed by atoms with Gasteiger partial charge in [-0.15, -0.1) is 0 Å². The molecule has 0 aliphatic heterocycles. The Bertz CT molecular complexity index is 983. The smallest absolute Gasteiger partial charge is 0.303 e. The predicted molar refractivity (Wildman–Crippen MR) is 125 cm³/mol. The molecule has 2 aromatic carbocycles. The lowest BCUT2D eigenvalue weighted by Crippen LogP contribution is -2.14. The summed E-state index contributed by atoms with van der Waals surface area (Å²) in [7, 11) is 6.03. The van der Waals surface area contributed by atoms with Crippen LogP contribution in [-0.4, -0.2) is 50.0 Å². The van der Waals surface area contributed by atoms with Gasteiger partial charge < -0.3 is 33.9 Å². The average molecular weight is 478 g/mol. The second-order valence-electron chi connectivity index (χ2n) is 6.75. The molecule has 0 aromatic heterocycles. The Hall–Kier alpha value is -3.37. The normalized spacial score (nSPS) is 11.7. The minimum Gasteiger partial charge on any atom is -0.612 e. The molecule has 2 N–H and O–H groups in total. The fourth-order valence-electron chi connectivity index (χ4n) is 2.93. The van der Waals surface area contributed by atoms with Crippen LogP contribution >= 0.6 is 0 Å². The van der Waals surface area contributed by atoms with Crippen LogP contribution in [0.3, 0.4) is 0 Å². The largest absolute Gasteiger partial charge is 0.612 e. The van der Waals surface area contributed by atoms with Gasteiger partial charge in [0.25, 0.3) is 0 Å². The molecule has 0 aliphatic rings. The molecular formula is C23H27NO8S. The van der Waals surface area contributed by atoms with Crippen LogP contribution in [-0.2, 0) is 26.5 Å². The first-order chi connectivity index (χ1) is 15.8. The first-order valence-electron chi connectivity index (χ1n) is 9.85. The quantitative estimate of drug-likeness (QED) is 0.445. The number of rotatable bonds is 12. The summed E-state index contributed by atoms with van der Waals surface area (Å²) in [4.78, 5) is 22.7. The number of carboxylic acid groups (broad SMARTS) is 1. The van der Waals surface area contributed by atoms with Gasteiger partial charge in [0.15, 0.2) is 0 Å². The van der Waals surface area contributed by atoms with Crippen LogP contribution in [0, 0.1) is 0 Å². The lowest BCUT2D eigenvalue weighted by atomic mass is 10.1. The molecule has 0 radical (unpaired) electrons. The van der Waals surface area contributed by atoms with E-state index in [2.05, 4.69) is 5.32 Å². The van der Waals surface area contributed by atoms with Crippen LogP contribution in [0.15, 0.2) is 35.7 Å². The lowest BCUT2D eigenvalue weighted by molar-refractivity contribution is -0.138. The van der Waals surface area contributed by atoms with Gasteiger partial charge >= 0.3 is 5.97 Å². The van der Waals surface area contributed by atoms with E-state index in [9.17, 15) is 14.1 Å². The first kappa shape index (κ1) is 25.9. The van der Waals surface area contributed by atoms with E-state index in [1.165, 1.54) is 33.8 Å². The number of nitrogens with one attached hydrogen (secondary N) is 1. The monoisotopic (exact) mass is 477 g/mol. The molecule has 33 heavy (non-hydrogen) atoms. The number of carboxylic acids is 1. The summed E-state index contributed by atoms with van der Waals surface area (Å²) in [6.07, 6.45) is 1.22. The average Bonchev–Trinajstić information content (AvgIpc) is 2.81. The summed E-state index contributed by atoms with van der Waals surface area (Å²) in [5.74, 6) is 0.671. The van der Waals surface area contributed by atoms with E-state index >= 15 is 0 Å². The van der Waals surface area contributed by atoms with Crippen molar-refractivity contribution >= 4 is 34.8 Å². The molecule has 0 spiro atoms. The standard InChI is InChI=1S/C23H27NO8S/c1-29-16-12-20(31-3)17(21(13-16)32-4)9-10-33(28)14-15-5-6-19(30-2)18(11-15)24-22(25)7-8-23(26)27/h5-6,9-13H,7-8,14H2,1-4H3,(H,24,25)(H,26,27)/b10-9+. The first-order valence-corrected chi connectivity index (χ1v) is 11.2. The third-order valence-electron chi connectivity index (χ3n) is 4.55. The Morgan fingerprint density at radius 1 is 0.970 bits per heavy atom. The molecule has 2 aromatic rings. The van der Waals surface area contributed by atoms with Crippen LogP contribution in [0.25, 0.3) is 6.08 Å². The zero-order chi connectivity index (χ0) is 24.4. The Kier molecular flexibility index (Phi) is 9.89. The molecular weight excluding hydrogens is 450 g/mol. The highest BCUT2D eigenvalue weighted by molar-refractivity contribution is 7.93. The maximum atomic E-state index is 12.7. The number of ether oxygens (including phenoxy) is 4. The predicted octanol–water partition coefficient (Wildman–Crippen LogP) is 3.44. The Balaban J connectivity index is 2.17. The molecule has 0 heterocycles. The SMILES string of the molecule is COc1cc(OC)c(/C=C/[S+]([O-])Cc2ccc(OC)c(NC(=O)CCC(=O)O)c2)c(OC)c1. The summed E-state index contributed by atoms with van der Waals surface area (Å²) < 4.78 is 34.0. The number of carbonyl (C=O) groups is 2. The van der Waals surface area contributed by atoms with Crippen molar-refractivity contribution in [2.75, 3.05) is 33.8 Å². The van der Waals surface area contributed by atoms with E-state index in [-0.39, 0.29) is 18.6 Å². The molecule has 9 nitrogen and oxygen atoms in total. The molecule has 178 valence electrons. The third-order valence-corrected chi connectivity index (χ3v) is 5.61. The van der Waals surface area contributed by atoms with Crippen LogP contribution in [0.5, 0.6) is 23.0 Å². The number of hydrogen-bond acceptors (Lipinski definition) is 7. The van der Waals surface area contributed by atoms with Gasteiger partial charge in [0.2, 0.25) is 5.91 Å². The number of aliphatic carboxylic acids is 1. The maximum absolute atomic E-state index is 12.7. The molecule has 0 aliphatic carbocycles. The number of amides is 1. The Morgan fingerprint density at radius 2 is 1.61 bits per heavy atom. The van der Waals surface area contributed by atoms with Crippen molar-refractivity contribution in [2.45, 2.75) is 18.6 Å². The van der Waals surface area contributed by atoms with Crippen molar-refractivity contribution in [3.8, 4) is 23.0 Å². The fourth-order valence-corrected chi connectivity index (χ4v) is 3.82. The minimum atomic E-state index is -1.39. The van der Waals surface area contributed by atoms with Gasteiger partial charge in [0.1, 0.15) is 34.2 Å². The van der Waals surface area contributed by atoms with Crippen molar-refractivity contribution in [3.63, 3.8) is 0 Å². The summed E-state index contributed by atoms with van der Waals surface area (Å²) >= 11 is -1.39. The number of hydrogen-bond donors (Lipinski definition) is 2.